The van der Waals surface area contributed by atoms with Crippen LogP contribution in [0.1, 0.15) is 30.9 Å². The number of unbranched alkanes of at least 4 members (excludes halogenated alkanes) is 1. The maximum atomic E-state index is 11.9. The van der Waals surface area contributed by atoms with Gasteiger partial charge in [0.1, 0.15) is 0 Å². The van der Waals surface area contributed by atoms with Crippen LogP contribution in [-0.4, -0.2) is 12.5 Å². The normalized spacial score (nSPS) is 14.8. The molecule has 16 heavy (non-hydrogen) atoms. The summed E-state index contributed by atoms with van der Waals surface area (Å²) in [4.78, 5) is 11.9. The zero-order chi connectivity index (χ0) is 11.4. The van der Waals surface area contributed by atoms with Gasteiger partial charge in [0.2, 0.25) is 5.91 Å². The van der Waals surface area contributed by atoms with Crippen molar-refractivity contribution in [3.05, 3.63) is 35.4 Å². The molecule has 1 aliphatic carbocycles. The molecule has 1 aromatic rings. The van der Waals surface area contributed by atoms with Gasteiger partial charge < -0.3 is 5.32 Å². The number of benzene rings is 1. The van der Waals surface area contributed by atoms with Crippen LogP contribution < -0.4 is 5.32 Å². The molecule has 0 aliphatic heterocycles. The highest BCUT2D eigenvalue weighted by atomic mass is 16.1. The average molecular weight is 217 g/mol. The van der Waals surface area contributed by atoms with E-state index >= 15 is 0 Å². The molecule has 1 N–H and O–H groups in total. The third kappa shape index (κ3) is 2.43. The number of carbonyl (C=O) groups excluding carboxylic acids is 1. The van der Waals surface area contributed by atoms with Crippen molar-refractivity contribution in [3.63, 3.8) is 0 Å². The number of hydrogen-bond acceptors (Lipinski definition) is 1. The smallest absolute Gasteiger partial charge is 0.223 e. The lowest BCUT2D eigenvalue weighted by atomic mass is 10.1. The quantitative estimate of drug-likeness (QED) is 0.770. The number of amides is 1. The average Bonchev–Trinajstić information content (AvgIpc) is 2.73. The van der Waals surface area contributed by atoms with Crippen LogP contribution in [0.15, 0.2) is 24.3 Å². The second-order valence-corrected chi connectivity index (χ2v) is 4.52. The molecule has 1 aromatic carbocycles. The minimum atomic E-state index is 0.161. The minimum absolute atomic E-state index is 0.161. The zero-order valence-electron chi connectivity index (χ0n) is 9.83. The Bertz CT molecular complexity index is 348. The molecule has 0 aromatic heterocycles. The first kappa shape index (κ1) is 11.2. The molecule has 0 heterocycles. The van der Waals surface area contributed by atoms with Crippen molar-refractivity contribution in [3.8, 4) is 0 Å². The van der Waals surface area contributed by atoms with Crippen molar-refractivity contribution in [1.82, 2.24) is 5.32 Å². The van der Waals surface area contributed by atoms with Crippen molar-refractivity contribution >= 4 is 5.91 Å². The van der Waals surface area contributed by atoms with E-state index in [0.29, 0.717) is 0 Å². The topological polar surface area (TPSA) is 29.1 Å². The van der Waals surface area contributed by atoms with Crippen molar-refractivity contribution in [2.45, 2.75) is 32.6 Å². The van der Waals surface area contributed by atoms with Gasteiger partial charge in [-0.2, -0.15) is 0 Å². The number of fused-ring (bicyclic) bond motifs is 1. The van der Waals surface area contributed by atoms with Gasteiger partial charge in [0.05, 0.1) is 0 Å². The van der Waals surface area contributed by atoms with Gasteiger partial charge in [0.15, 0.2) is 0 Å². The summed E-state index contributed by atoms with van der Waals surface area (Å²) in [5, 5.41) is 3.02. The maximum absolute atomic E-state index is 11.9. The largest absolute Gasteiger partial charge is 0.356 e. The van der Waals surface area contributed by atoms with Crippen LogP contribution in [0, 0.1) is 5.92 Å². The van der Waals surface area contributed by atoms with E-state index in [4.69, 9.17) is 0 Å². The van der Waals surface area contributed by atoms with Crippen LogP contribution in [0.5, 0.6) is 0 Å². The van der Waals surface area contributed by atoms with Crippen LogP contribution in [0.2, 0.25) is 0 Å². The fourth-order valence-electron chi connectivity index (χ4n) is 2.28. The molecule has 0 spiro atoms. The first-order valence-corrected chi connectivity index (χ1v) is 6.15. The molecule has 0 saturated heterocycles. The Balaban J connectivity index is 1.88. The third-order valence-corrected chi connectivity index (χ3v) is 3.25. The lowest BCUT2D eigenvalue weighted by molar-refractivity contribution is -0.124. The molecule has 0 bridgehead atoms. The Morgan fingerprint density at radius 2 is 1.94 bits per heavy atom. The van der Waals surface area contributed by atoms with Gasteiger partial charge in [-0.25, -0.2) is 0 Å². The molecule has 86 valence electrons. The Hall–Kier alpha value is -1.31. The van der Waals surface area contributed by atoms with Gasteiger partial charge >= 0.3 is 0 Å². The fourth-order valence-corrected chi connectivity index (χ4v) is 2.28. The van der Waals surface area contributed by atoms with Gasteiger partial charge in [-0.3, -0.25) is 4.79 Å². The molecule has 0 atom stereocenters. The molecule has 1 amide bonds. The SMILES string of the molecule is CCCCNC(=O)C1Cc2ccccc2C1. The van der Waals surface area contributed by atoms with Crippen molar-refractivity contribution in [1.29, 1.82) is 0 Å². The number of hydrogen-bond donors (Lipinski definition) is 1. The summed E-state index contributed by atoms with van der Waals surface area (Å²) < 4.78 is 0. The van der Waals surface area contributed by atoms with E-state index in [2.05, 4.69) is 36.5 Å². The number of carbonyl (C=O) groups is 1. The summed E-state index contributed by atoms with van der Waals surface area (Å²) in [6.07, 6.45) is 4.03. The van der Waals surface area contributed by atoms with E-state index in [1.807, 2.05) is 0 Å². The van der Waals surface area contributed by atoms with Gasteiger partial charge in [0, 0.05) is 12.5 Å². The third-order valence-electron chi connectivity index (χ3n) is 3.25. The second kappa shape index (κ2) is 5.15. The van der Waals surface area contributed by atoms with Crippen molar-refractivity contribution in [2.24, 2.45) is 5.92 Å². The van der Waals surface area contributed by atoms with Gasteiger partial charge in [-0.1, -0.05) is 37.6 Å². The summed E-state index contributed by atoms with van der Waals surface area (Å²) in [5.41, 5.74) is 2.69. The van der Waals surface area contributed by atoms with E-state index in [1.54, 1.807) is 0 Å². The number of nitrogens with one attached hydrogen (secondary N) is 1. The zero-order valence-corrected chi connectivity index (χ0v) is 9.83. The summed E-state index contributed by atoms with van der Waals surface area (Å²) in [5.74, 6) is 0.388. The molecular weight excluding hydrogens is 198 g/mol. The molecule has 0 unspecified atom stereocenters. The molecule has 2 nitrogen and oxygen atoms in total. The summed E-state index contributed by atoms with van der Waals surface area (Å²) in [6, 6.07) is 8.37. The van der Waals surface area contributed by atoms with Crippen molar-refractivity contribution in [2.75, 3.05) is 6.54 Å². The van der Waals surface area contributed by atoms with Gasteiger partial charge in [-0.15, -0.1) is 0 Å². The second-order valence-electron chi connectivity index (χ2n) is 4.52. The fraction of sp³-hybridized carbons (Fsp3) is 0.500. The summed E-state index contributed by atoms with van der Waals surface area (Å²) >= 11 is 0. The molecule has 0 radical (unpaired) electrons. The molecule has 2 heteroatoms. The molecule has 1 aliphatic rings. The molecule has 0 fully saturated rings. The Morgan fingerprint density at radius 1 is 1.31 bits per heavy atom. The summed E-state index contributed by atoms with van der Waals surface area (Å²) in [7, 11) is 0. The Kier molecular flexibility index (Phi) is 3.60. The standard InChI is InChI=1S/C14H19NO/c1-2-3-8-15-14(16)13-9-11-6-4-5-7-12(11)10-13/h4-7,13H,2-3,8-10H2,1H3,(H,15,16). The highest BCUT2D eigenvalue weighted by Gasteiger charge is 2.26. The predicted molar refractivity (Wildman–Crippen MR) is 65.3 cm³/mol. The first-order valence-electron chi connectivity index (χ1n) is 6.15. The molecule has 0 saturated carbocycles. The summed E-state index contributed by atoms with van der Waals surface area (Å²) in [6.45, 7) is 2.96. The Labute approximate surface area is 97.1 Å². The predicted octanol–water partition coefficient (Wildman–Crippen LogP) is 2.32. The van der Waals surface area contributed by atoms with Crippen LogP contribution in [-0.2, 0) is 17.6 Å². The van der Waals surface area contributed by atoms with E-state index in [1.165, 1.54) is 11.1 Å². The van der Waals surface area contributed by atoms with Crippen molar-refractivity contribution < 1.29 is 4.79 Å². The van der Waals surface area contributed by atoms with Crippen LogP contribution >= 0.6 is 0 Å². The van der Waals surface area contributed by atoms with E-state index in [-0.39, 0.29) is 11.8 Å². The highest BCUT2D eigenvalue weighted by Crippen LogP contribution is 2.26. The first-order chi connectivity index (χ1) is 7.81. The Morgan fingerprint density at radius 3 is 2.50 bits per heavy atom. The molecule has 2 rings (SSSR count). The van der Waals surface area contributed by atoms with Crippen LogP contribution in [0.25, 0.3) is 0 Å². The lowest BCUT2D eigenvalue weighted by Crippen LogP contribution is -2.31. The highest BCUT2D eigenvalue weighted by molar-refractivity contribution is 5.80. The van der Waals surface area contributed by atoms with Gasteiger partial charge in [0.25, 0.3) is 0 Å². The van der Waals surface area contributed by atoms with E-state index in [0.717, 1.165) is 32.2 Å². The number of rotatable bonds is 4. The van der Waals surface area contributed by atoms with Gasteiger partial charge in [-0.05, 0) is 30.4 Å². The monoisotopic (exact) mass is 217 g/mol. The van der Waals surface area contributed by atoms with Crippen LogP contribution in [0.3, 0.4) is 0 Å². The van der Waals surface area contributed by atoms with E-state index < -0.39 is 0 Å². The maximum Gasteiger partial charge on any atom is 0.223 e. The van der Waals surface area contributed by atoms with E-state index in [9.17, 15) is 4.79 Å². The molecular formula is C14H19NO. The lowest BCUT2D eigenvalue weighted by Gasteiger charge is -2.09. The minimum Gasteiger partial charge on any atom is -0.356 e. The van der Waals surface area contributed by atoms with Crippen LogP contribution in [0.4, 0.5) is 0 Å².